The van der Waals surface area contributed by atoms with Crippen molar-refractivity contribution in [1.82, 2.24) is 24.6 Å². The maximum Gasteiger partial charge on any atom is 0.416 e. The number of nitrogens with zero attached hydrogens (tertiary/aromatic N) is 8. The molecule has 2 aliphatic heterocycles. The number of benzene rings is 2. The van der Waals surface area contributed by atoms with Crippen LogP contribution in [0.25, 0.3) is 22.5 Å². The van der Waals surface area contributed by atoms with Gasteiger partial charge in [0.1, 0.15) is 18.8 Å². The van der Waals surface area contributed by atoms with Crippen LogP contribution < -0.4 is 9.64 Å². The molecule has 2 aromatic carbocycles. The van der Waals surface area contributed by atoms with Crippen LogP contribution in [0.2, 0.25) is 0 Å². The van der Waals surface area contributed by atoms with Gasteiger partial charge in [-0.3, -0.25) is 14.6 Å². The number of pyridine rings is 1. The summed E-state index contributed by atoms with van der Waals surface area (Å²) in [4.78, 5) is 21.8. The Morgan fingerprint density at radius 2 is 1.87 bits per heavy atom. The second-order valence-corrected chi connectivity index (χ2v) is 12.5. The summed E-state index contributed by atoms with van der Waals surface area (Å²) in [5.41, 5.74) is 1.86. The molecule has 0 bridgehead atoms. The molecule has 1 spiro atoms. The molecule has 2 fully saturated rings. The first-order valence-electron chi connectivity index (χ1n) is 15.3. The summed E-state index contributed by atoms with van der Waals surface area (Å²) in [5.74, 6) is 0.0566. The number of halogens is 3. The smallest absolute Gasteiger partial charge is 0.416 e. The number of anilines is 1. The highest BCUT2D eigenvalue weighted by molar-refractivity contribution is 6.10. The Morgan fingerprint density at radius 1 is 1.04 bits per heavy atom. The van der Waals surface area contributed by atoms with Crippen LogP contribution in [0.4, 0.5) is 19.0 Å². The minimum absolute atomic E-state index is 0.000519. The van der Waals surface area contributed by atoms with Gasteiger partial charge in [-0.25, -0.2) is 0 Å². The molecule has 13 heteroatoms. The largest absolute Gasteiger partial charge is 0.477 e. The molecule has 10 nitrogen and oxygen atoms in total. The fraction of sp³-hybridized carbons (Fsp3) is 0.353. The Balaban J connectivity index is 1.30. The van der Waals surface area contributed by atoms with E-state index >= 15 is 0 Å². The highest BCUT2D eigenvalue weighted by Gasteiger charge is 2.48. The van der Waals surface area contributed by atoms with Crippen molar-refractivity contribution in [2.45, 2.75) is 44.9 Å². The van der Waals surface area contributed by atoms with Crippen LogP contribution in [-0.2, 0) is 26.3 Å². The number of carbonyl (C=O) groups excluding carboxylic acids is 1. The van der Waals surface area contributed by atoms with Gasteiger partial charge in [0.05, 0.1) is 36.2 Å². The molecule has 1 aliphatic carbocycles. The van der Waals surface area contributed by atoms with Gasteiger partial charge in [0.25, 0.3) is 5.91 Å². The van der Waals surface area contributed by atoms with E-state index in [9.17, 15) is 23.2 Å². The molecule has 0 atom stereocenters. The lowest BCUT2D eigenvalue weighted by Crippen LogP contribution is -2.24. The predicted molar refractivity (Wildman–Crippen MR) is 164 cm³/mol. The maximum atomic E-state index is 14.5. The van der Waals surface area contributed by atoms with Crippen molar-refractivity contribution in [2.75, 3.05) is 24.6 Å². The Labute approximate surface area is 268 Å². The van der Waals surface area contributed by atoms with Crippen LogP contribution in [0.3, 0.4) is 0 Å². The van der Waals surface area contributed by atoms with Crippen molar-refractivity contribution in [3.05, 3.63) is 76.6 Å². The third kappa shape index (κ3) is 5.79. The quantitative estimate of drug-likeness (QED) is 0.220. The normalized spacial score (nSPS) is 16.7. The monoisotopic (exact) mass is 638 g/mol. The van der Waals surface area contributed by atoms with Gasteiger partial charge in [-0.05, 0) is 89.9 Å². The number of ether oxygens (including phenoxy) is 1. The third-order valence-electron chi connectivity index (χ3n) is 9.23. The molecule has 4 heterocycles. The van der Waals surface area contributed by atoms with E-state index in [-0.39, 0.29) is 42.4 Å². The fourth-order valence-corrected chi connectivity index (χ4v) is 6.64. The second-order valence-electron chi connectivity index (χ2n) is 12.5. The fourth-order valence-electron chi connectivity index (χ4n) is 6.64. The summed E-state index contributed by atoms with van der Waals surface area (Å²) in [6.45, 7) is 1.70. The second kappa shape index (κ2) is 11.5. The molecule has 0 unspecified atom stereocenters. The molecule has 1 saturated heterocycles. The van der Waals surface area contributed by atoms with Gasteiger partial charge in [-0.15, -0.1) is 10.2 Å². The number of hydrogen-bond donors (Lipinski definition) is 0. The van der Waals surface area contributed by atoms with E-state index in [0.29, 0.717) is 45.6 Å². The van der Waals surface area contributed by atoms with E-state index in [0.717, 1.165) is 32.4 Å². The minimum Gasteiger partial charge on any atom is -0.477 e. The highest BCUT2D eigenvalue weighted by Crippen LogP contribution is 2.53. The topological polar surface area (TPSA) is 124 Å². The van der Waals surface area contributed by atoms with Crippen molar-refractivity contribution in [3.8, 4) is 40.5 Å². The van der Waals surface area contributed by atoms with Gasteiger partial charge in [-0.1, -0.05) is 0 Å². The summed E-state index contributed by atoms with van der Waals surface area (Å²) in [7, 11) is 1.77. The SMILES string of the molecule is Cn1cnnc1-c1ccc(C#N)cc1-c1cc(OCCC#N)nc(N2Cc3c(cc(CN4CCC5(CC5)C4)cc3C(F)(F)F)C2=O)c1. The van der Waals surface area contributed by atoms with Crippen LogP contribution in [0.5, 0.6) is 5.88 Å². The number of aryl methyl sites for hydroxylation is 1. The Bertz CT molecular complexity index is 1990. The average Bonchev–Trinajstić information content (AvgIpc) is 3.31. The van der Waals surface area contributed by atoms with Gasteiger partial charge in [-0.2, -0.15) is 28.7 Å². The van der Waals surface area contributed by atoms with E-state index in [1.165, 1.54) is 17.3 Å². The van der Waals surface area contributed by atoms with Crippen LogP contribution in [0.15, 0.2) is 48.8 Å². The van der Waals surface area contributed by atoms with Gasteiger partial charge in [0.2, 0.25) is 5.88 Å². The standard InChI is InChI=1S/C34H29F3N8O2/c1-43-20-40-42-31(43)24-4-3-21(16-39)11-25(24)23-14-29(41-30(15-23)47-10-2-8-38)45-18-27-26(32(45)46)12-22(13-28(27)34(35,36)37)17-44-9-7-33(19-44)5-6-33/h3-4,11-15,20H,2,5-7,9-10,17-19H2,1H3. The van der Waals surface area contributed by atoms with Crippen molar-refractivity contribution in [2.24, 2.45) is 12.5 Å². The molecule has 3 aliphatic rings. The zero-order valence-electron chi connectivity index (χ0n) is 25.5. The molecule has 1 amide bonds. The number of amides is 1. The summed E-state index contributed by atoms with van der Waals surface area (Å²) in [6, 6.07) is 15.1. The van der Waals surface area contributed by atoms with Gasteiger partial charge >= 0.3 is 6.18 Å². The Kier molecular flexibility index (Phi) is 7.44. The summed E-state index contributed by atoms with van der Waals surface area (Å²) in [6.07, 6.45) is 0.301. The van der Waals surface area contributed by atoms with E-state index in [1.807, 2.05) is 6.07 Å². The first-order chi connectivity index (χ1) is 22.6. The van der Waals surface area contributed by atoms with Crippen molar-refractivity contribution >= 4 is 11.7 Å². The average molecular weight is 639 g/mol. The molecular weight excluding hydrogens is 609 g/mol. The lowest BCUT2D eigenvalue weighted by atomic mass is 9.97. The van der Waals surface area contributed by atoms with E-state index in [2.05, 4.69) is 26.2 Å². The Morgan fingerprint density at radius 3 is 2.55 bits per heavy atom. The minimum atomic E-state index is -4.66. The zero-order valence-corrected chi connectivity index (χ0v) is 25.5. The Hall–Kier alpha value is -5.27. The predicted octanol–water partition coefficient (Wildman–Crippen LogP) is 5.87. The number of rotatable bonds is 8. The molecule has 7 rings (SSSR count). The molecule has 1 saturated carbocycles. The van der Waals surface area contributed by atoms with Gasteiger partial charge < -0.3 is 9.30 Å². The molecule has 2 aromatic heterocycles. The first-order valence-corrected chi connectivity index (χ1v) is 15.3. The summed E-state index contributed by atoms with van der Waals surface area (Å²) >= 11 is 0. The van der Waals surface area contributed by atoms with Crippen molar-refractivity contribution in [1.29, 1.82) is 10.5 Å². The number of likely N-dealkylation sites (tertiary alicyclic amines) is 1. The lowest BCUT2D eigenvalue weighted by Gasteiger charge is -2.19. The van der Waals surface area contributed by atoms with E-state index < -0.39 is 17.6 Å². The highest BCUT2D eigenvalue weighted by atomic mass is 19.4. The molecule has 0 N–H and O–H groups in total. The maximum absolute atomic E-state index is 14.5. The summed E-state index contributed by atoms with van der Waals surface area (Å²) < 4.78 is 50.9. The van der Waals surface area contributed by atoms with Crippen LogP contribution in [0, 0.1) is 28.1 Å². The van der Waals surface area contributed by atoms with Crippen LogP contribution in [-0.4, -0.2) is 50.3 Å². The van der Waals surface area contributed by atoms with E-state index in [4.69, 9.17) is 10.00 Å². The number of nitriles is 2. The number of alkyl halides is 3. The van der Waals surface area contributed by atoms with Gasteiger partial charge in [0.15, 0.2) is 5.82 Å². The number of fused-ring (bicyclic) bond motifs is 1. The molecule has 47 heavy (non-hydrogen) atoms. The van der Waals surface area contributed by atoms with Crippen molar-refractivity contribution in [3.63, 3.8) is 0 Å². The molecule has 0 radical (unpaired) electrons. The molecular formula is C34H29F3N8O2. The summed E-state index contributed by atoms with van der Waals surface area (Å²) in [5, 5.41) is 26.9. The third-order valence-corrected chi connectivity index (χ3v) is 9.23. The molecule has 238 valence electrons. The first kappa shape index (κ1) is 30.4. The van der Waals surface area contributed by atoms with Crippen LogP contribution >= 0.6 is 0 Å². The zero-order chi connectivity index (χ0) is 32.9. The van der Waals surface area contributed by atoms with Crippen molar-refractivity contribution < 1.29 is 22.7 Å². The number of hydrogen-bond acceptors (Lipinski definition) is 8. The number of aromatic nitrogens is 4. The van der Waals surface area contributed by atoms with Crippen LogP contribution in [0.1, 0.15) is 58.3 Å². The number of carbonyl (C=O) groups is 1. The van der Waals surface area contributed by atoms with Gasteiger partial charge in [0, 0.05) is 37.3 Å². The molecule has 4 aromatic rings. The van der Waals surface area contributed by atoms with E-state index in [1.54, 1.807) is 48.0 Å². The lowest BCUT2D eigenvalue weighted by molar-refractivity contribution is -0.138.